The molecule has 2 aromatic carbocycles. The molecule has 0 N–H and O–H groups in total. The first-order chi connectivity index (χ1) is 15.0. The van der Waals surface area contributed by atoms with Gasteiger partial charge in [-0.05, 0) is 55.3 Å². The molecule has 7 nitrogen and oxygen atoms in total. The van der Waals surface area contributed by atoms with Crippen LogP contribution >= 0.6 is 0 Å². The van der Waals surface area contributed by atoms with Gasteiger partial charge >= 0.3 is 5.97 Å². The van der Waals surface area contributed by atoms with Gasteiger partial charge in [0, 0.05) is 6.08 Å². The molecule has 31 heavy (non-hydrogen) atoms. The molecule has 3 rings (SSSR count). The molecule has 7 heteroatoms. The van der Waals surface area contributed by atoms with Gasteiger partial charge in [-0.1, -0.05) is 23.4 Å². The number of ether oxygens (including phenoxy) is 3. The third-order valence-corrected chi connectivity index (χ3v) is 4.62. The predicted octanol–water partition coefficient (Wildman–Crippen LogP) is 4.51. The summed E-state index contributed by atoms with van der Waals surface area (Å²) in [4.78, 5) is 12.0. The zero-order chi connectivity index (χ0) is 22.2. The molecule has 0 unspecified atom stereocenters. The minimum Gasteiger partial charge on any atom is -0.493 e. The van der Waals surface area contributed by atoms with E-state index in [0.717, 1.165) is 28.1 Å². The zero-order valence-corrected chi connectivity index (χ0v) is 17.5. The van der Waals surface area contributed by atoms with Gasteiger partial charge in [-0.15, -0.1) is 0 Å². The second-order valence-corrected chi connectivity index (χ2v) is 6.75. The standard InChI is InChI=1S/C24H22N2O5/c1-16-21(17(2)31-26-16)15-29-22-10-8-18(12-23(22)28-3)9-11-24(27)30-14-20-6-4-19(13-25)5-7-20/h4-12H,14-15H2,1-3H3/b11-9+. The van der Waals surface area contributed by atoms with E-state index < -0.39 is 5.97 Å². The van der Waals surface area contributed by atoms with Crippen LogP contribution in [0.25, 0.3) is 6.08 Å². The lowest BCUT2D eigenvalue weighted by Gasteiger charge is -2.11. The molecule has 0 radical (unpaired) electrons. The van der Waals surface area contributed by atoms with Gasteiger partial charge < -0.3 is 18.7 Å². The smallest absolute Gasteiger partial charge is 0.331 e. The fourth-order valence-corrected chi connectivity index (χ4v) is 2.81. The number of esters is 1. The summed E-state index contributed by atoms with van der Waals surface area (Å²) in [6, 6.07) is 14.3. The summed E-state index contributed by atoms with van der Waals surface area (Å²) in [6.45, 7) is 4.14. The van der Waals surface area contributed by atoms with Crippen molar-refractivity contribution < 1.29 is 23.5 Å². The molecule has 0 bridgehead atoms. The molecule has 0 aliphatic carbocycles. The van der Waals surface area contributed by atoms with E-state index in [2.05, 4.69) is 5.16 Å². The van der Waals surface area contributed by atoms with Crippen LogP contribution in [0.5, 0.6) is 11.5 Å². The Morgan fingerprint density at radius 3 is 2.55 bits per heavy atom. The Morgan fingerprint density at radius 1 is 1.13 bits per heavy atom. The molecule has 0 spiro atoms. The van der Waals surface area contributed by atoms with Crippen LogP contribution in [0.15, 0.2) is 53.1 Å². The minimum absolute atomic E-state index is 0.132. The third kappa shape index (κ3) is 5.73. The first kappa shape index (κ1) is 21.7. The van der Waals surface area contributed by atoms with Crippen LogP contribution in [0.3, 0.4) is 0 Å². The topological polar surface area (TPSA) is 94.6 Å². The molecule has 0 saturated heterocycles. The van der Waals surface area contributed by atoms with Crippen LogP contribution in [0.1, 0.15) is 33.7 Å². The first-order valence-electron chi connectivity index (χ1n) is 9.56. The van der Waals surface area contributed by atoms with E-state index in [1.807, 2.05) is 26.0 Å². The van der Waals surface area contributed by atoms with Crippen LogP contribution < -0.4 is 9.47 Å². The van der Waals surface area contributed by atoms with Crippen molar-refractivity contribution in [3.8, 4) is 17.6 Å². The van der Waals surface area contributed by atoms with E-state index >= 15 is 0 Å². The summed E-state index contributed by atoms with van der Waals surface area (Å²) in [5.74, 6) is 1.36. The van der Waals surface area contributed by atoms with Gasteiger partial charge in [-0.3, -0.25) is 0 Å². The number of nitrogens with zero attached hydrogens (tertiary/aromatic N) is 2. The van der Waals surface area contributed by atoms with E-state index in [0.29, 0.717) is 23.7 Å². The van der Waals surface area contributed by atoms with Gasteiger partial charge in [0.25, 0.3) is 0 Å². The van der Waals surface area contributed by atoms with Crippen LogP contribution in [0.4, 0.5) is 0 Å². The highest BCUT2D eigenvalue weighted by Crippen LogP contribution is 2.30. The van der Waals surface area contributed by atoms with Gasteiger partial charge in [0.2, 0.25) is 0 Å². The van der Waals surface area contributed by atoms with Crippen molar-refractivity contribution in [2.75, 3.05) is 7.11 Å². The highest BCUT2D eigenvalue weighted by atomic mass is 16.5. The molecule has 0 amide bonds. The maximum Gasteiger partial charge on any atom is 0.331 e. The highest BCUT2D eigenvalue weighted by molar-refractivity contribution is 5.87. The van der Waals surface area contributed by atoms with Crippen molar-refractivity contribution in [1.29, 1.82) is 5.26 Å². The van der Waals surface area contributed by atoms with Crippen molar-refractivity contribution in [3.63, 3.8) is 0 Å². The number of hydrogen-bond donors (Lipinski definition) is 0. The fourth-order valence-electron chi connectivity index (χ4n) is 2.81. The maximum atomic E-state index is 12.0. The Bertz CT molecular complexity index is 1100. The average molecular weight is 418 g/mol. The summed E-state index contributed by atoms with van der Waals surface area (Å²) in [6.07, 6.45) is 2.99. The molecule has 3 aromatic rings. The molecule has 0 fully saturated rings. The van der Waals surface area contributed by atoms with Crippen molar-refractivity contribution in [3.05, 3.63) is 82.2 Å². The summed E-state index contributed by atoms with van der Waals surface area (Å²) in [5.41, 5.74) is 3.81. The summed E-state index contributed by atoms with van der Waals surface area (Å²) < 4.78 is 21.6. The second kappa shape index (κ2) is 10.1. The van der Waals surface area contributed by atoms with Gasteiger partial charge in [0.1, 0.15) is 19.0 Å². The number of aryl methyl sites for hydroxylation is 2. The summed E-state index contributed by atoms with van der Waals surface area (Å²) in [7, 11) is 1.55. The van der Waals surface area contributed by atoms with E-state index in [1.54, 1.807) is 49.6 Å². The summed E-state index contributed by atoms with van der Waals surface area (Å²) >= 11 is 0. The molecule has 1 aromatic heterocycles. The van der Waals surface area contributed by atoms with Gasteiger partial charge in [0.15, 0.2) is 11.5 Å². The Kier molecular flexibility index (Phi) is 7.07. The van der Waals surface area contributed by atoms with E-state index in [1.165, 1.54) is 6.08 Å². The average Bonchev–Trinajstić information content (AvgIpc) is 3.12. The molecular weight excluding hydrogens is 396 g/mol. The quantitative estimate of drug-likeness (QED) is 0.392. The number of benzene rings is 2. The van der Waals surface area contributed by atoms with E-state index in [9.17, 15) is 4.79 Å². The first-order valence-corrected chi connectivity index (χ1v) is 9.56. The molecule has 0 aliphatic rings. The van der Waals surface area contributed by atoms with E-state index in [-0.39, 0.29) is 6.61 Å². The van der Waals surface area contributed by atoms with Crippen molar-refractivity contribution in [2.45, 2.75) is 27.1 Å². The Morgan fingerprint density at radius 2 is 1.90 bits per heavy atom. The van der Waals surface area contributed by atoms with Crippen LogP contribution in [-0.2, 0) is 22.7 Å². The van der Waals surface area contributed by atoms with Crippen LogP contribution in [-0.4, -0.2) is 18.2 Å². The van der Waals surface area contributed by atoms with Gasteiger partial charge in [-0.2, -0.15) is 5.26 Å². The number of aromatic nitrogens is 1. The zero-order valence-electron chi connectivity index (χ0n) is 17.5. The lowest BCUT2D eigenvalue weighted by Crippen LogP contribution is -2.01. The largest absolute Gasteiger partial charge is 0.493 e. The van der Waals surface area contributed by atoms with Gasteiger partial charge in [-0.25, -0.2) is 4.79 Å². The number of carbonyl (C=O) groups is 1. The molecule has 1 heterocycles. The molecular formula is C24H22N2O5. The Hall–Kier alpha value is -4.05. The van der Waals surface area contributed by atoms with Crippen LogP contribution in [0, 0.1) is 25.2 Å². The van der Waals surface area contributed by atoms with Gasteiger partial charge in [0.05, 0.1) is 30.0 Å². The SMILES string of the molecule is COc1cc(/C=C/C(=O)OCc2ccc(C#N)cc2)ccc1OCc1c(C)noc1C. The Balaban J connectivity index is 1.58. The highest BCUT2D eigenvalue weighted by Gasteiger charge is 2.12. The Labute approximate surface area is 180 Å². The number of carbonyl (C=O) groups excluding carboxylic acids is 1. The second-order valence-electron chi connectivity index (χ2n) is 6.75. The van der Waals surface area contributed by atoms with E-state index in [4.69, 9.17) is 24.0 Å². The monoisotopic (exact) mass is 418 g/mol. The molecule has 0 saturated carbocycles. The third-order valence-electron chi connectivity index (χ3n) is 4.62. The lowest BCUT2D eigenvalue weighted by atomic mass is 10.1. The van der Waals surface area contributed by atoms with Crippen molar-refractivity contribution in [2.24, 2.45) is 0 Å². The normalized spacial score (nSPS) is 10.6. The maximum absolute atomic E-state index is 12.0. The molecule has 158 valence electrons. The molecule has 0 aliphatic heterocycles. The van der Waals surface area contributed by atoms with Crippen molar-refractivity contribution >= 4 is 12.0 Å². The number of rotatable bonds is 8. The number of hydrogen-bond acceptors (Lipinski definition) is 7. The minimum atomic E-state index is -0.470. The summed E-state index contributed by atoms with van der Waals surface area (Å²) in [5, 5.41) is 12.7. The number of nitriles is 1. The lowest BCUT2D eigenvalue weighted by molar-refractivity contribution is -0.138. The van der Waals surface area contributed by atoms with Crippen LogP contribution in [0.2, 0.25) is 0 Å². The molecule has 0 atom stereocenters. The van der Waals surface area contributed by atoms with Crippen molar-refractivity contribution in [1.82, 2.24) is 5.16 Å². The fraction of sp³-hybridized carbons (Fsp3) is 0.208. The predicted molar refractivity (Wildman–Crippen MR) is 113 cm³/mol. The number of methoxy groups -OCH3 is 1.